The Morgan fingerprint density at radius 1 is 1.39 bits per heavy atom. The average Bonchev–Trinajstić information content (AvgIpc) is 2.60. The Bertz CT molecular complexity index is 621. The summed E-state index contributed by atoms with van der Waals surface area (Å²) in [6, 6.07) is 6.29. The third kappa shape index (κ3) is 2.30. The van der Waals surface area contributed by atoms with Gasteiger partial charge in [-0.2, -0.15) is 0 Å². The van der Waals surface area contributed by atoms with Crippen molar-refractivity contribution >= 4 is 22.9 Å². The van der Waals surface area contributed by atoms with Crippen LogP contribution in [0.15, 0.2) is 24.3 Å². The number of carbonyl (C=O) groups is 1. The lowest BCUT2D eigenvalue weighted by atomic mass is 10.00. The highest BCUT2D eigenvalue weighted by Crippen LogP contribution is 2.27. The van der Waals surface area contributed by atoms with Gasteiger partial charge in [0.25, 0.3) is 0 Å². The van der Waals surface area contributed by atoms with E-state index in [1.807, 2.05) is 6.92 Å². The molecule has 0 saturated heterocycles. The van der Waals surface area contributed by atoms with E-state index in [9.17, 15) is 4.79 Å². The molecule has 0 aliphatic heterocycles. The largest absolute Gasteiger partial charge is 0.478 e. The highest BCUT2D eigenvalue weighted by atomic mass is 16.4. The number of rotatable bonds is 3. The molecule has 2 aromatic rings. The first-order valence-corrected chi connectivity index (χ1v) is 6.02. The number of hydrogen-bond donors (Lipinski definition) is 2. The first-order chi connectivity index (χ1) is 8.49. The molecule has 0 atom stereocenters. The molecule has 0 spiro atoms. The van der Waals surface area contributed by atoms with Gasteiger partial charge < -0.3 is 10.1 Å². The van der Waals surface area contributed by atoms with Crippen molar-refractivity contribution in [2.24, 2.45) is 0 Å². The van der Waals surface area contributed by atoms with E-state index in [1.165, 1.54) is 11.6 Å². The van der Waals surface area contributed by atoms with Crippen LogP contribution in [0.1, 0.15) is 36.6 Å². The summed E-state index contributed by atoms with van der Waals surface area (Å²) in [4.78, 5) is 13.9. The van der Waals surface area contributed by atoms with Crippen molar-refractivity contribution in [3.63, 3.8) is 0 Å². The number of aliphatic carboxylic acids is 1. The summed E-state index contributed by atoms with van der Waals surface area (Å²) in [5.41, 5.74) is 4.24. The second-order valence-electron chi connectivity index (χ2n) is 4.79. The maximum atomic E-state index is 10.6. The summed E-state index contributed by atoms with van der Waals surface area (Å²) in [6.45, 7) is 6.25. The Kier molecular flexibility index (Phi) is 3.24. The number of nitrogens with one attached hydrogen (secondary N) is 1. The number of carboxylic acid groups (broad SMARTS) is 1. The molecule has 2 rings (SSSR count). The number of aromatic amines is 1. The average molecular weight is 243 g/mol. The highest BCUT2D eigenvalue weighted by molar-refractivity contribution is 5.94. The van der Waals surface area contributed by atoms with Gasteiger partial charge in [-0.3, -0.25) is 0 Å². The summed E-state index contributed by atoms with van der Waals surface area (Å²) in [6.07, 6.45) is 2.83. The fourth-order valence-corrected chi connectivity index (χ4v) is 2.09. The molecule has 0 radical (unpaired) electrons. The third-order valence-corrected chi connectivity index (χ3v) is 3.12. The molecular weight excluding hydrogens is 226 g/mol. The standard InChI is InChI=1S/C15H17NO2/c1-9(2)11-4-6-14-13(8-11)12(10(3)16-14)5-7-15(17)18/h4-9,16H,1-3H3,(H,17,18)/b7-5+. The van der Waals surface area contributed by atoms with Crippen LogP contribution in [0.2, 0.25) is 0 Å². The molecule has 0 fully saturated rings. The van der Waals surface area contributed by atoms with Crippen LogP contribution in [0.3, 0.4) is 0 Å². The molecule has 3 heteroatoms. The zero-order valence-electron chi connectivity index (χ0n) is 10.8. The molecule has 0 bridgehead atoms. The molecule has 0 aliphatic rings. The van der Waals surface area contributed by atoms with Crippen LogP contribution in [0, 0.1) is 6.92 Å². The summed E-state index contributed by atoms with van der Waals surface area (Å²) in [5, 5.41) is 9.80. The quantitative estimate of drug-likeness (QED) is 0.807. The smallest absolute Gasteiger partial charge is 0.328 e. The lowest BCUT2D eigenvalue weighted by Crippen LogP contribution is -1.87. The molecule has 0 unspecified atom stereocenters. The third-order valence-electron chi connectivity index (χ3n) is 3.12. The first kappa shape index (κ1) is 12.4. The van der Waals surface area contributed by atoms with Crippen LogP contribution in [0.4, 0.5) is 0 Å². The van der Waals surface area contributed by atoms with E-state index in [0.717, 1.165) is 22.2 Å². The van der Waals surface area contributed by atoms with Crippen LogP contribution in [0.5, 0.6) is 0 Å². The lowest BCUT2D eigenvalue weighted by molar-refractivity contribution is -0.131. The second-order valence-corrected chi connectivity index (χ2v) is 4.79. The van der Waals surface area contributed by atoms with Crippen molar-refractivity contribution < 1.29 is 9.90 Å². The van der Waals surface area contributed by atoms with Gasteiger partial charge in [0.05, 0.1) is 0 Å². The summed E-state index contributed by atoms with van der Waals surface area (Å²) >= 11 is 0. The molecule has 3 nitrogen and oxygen atoms in total. The first-order valence-electron chi connectivity index (χ1n) is 6.02. The summed E-state index contributed by atoms with van der Waals surface area (Å²) in [5.74, 6) is -0.468. The van der Waals surface area contributed by atoms with Gasteiger partial charge in [-0.05, 0) is 36.6 Å². The van der Waals surface area contributed by atoms with Gasteiger partial charge in [0.2, 0.25) is 0 Å². The monoisotopic (exact) mass is 243 g/mol. The lowest BCUT2D eigenvalue weighted by Gasteiger charge is -2.05. The van der Waals surface area contributed by atoms with Gasteiger partial charge in [-0.25, -0.2) is 4.79 Å². The Morgan fingerprint density at radius 3 is 2.72 bits per heavy atom. The molecule has 2 N–H and O–H groups in total. The van der Waals surface area contributed by atoms with Crippen molar-refractivity contribution in [1.82, 2.24) is 4.98 Å². The molecule has 1 heterocycles. The molecule has 0 saturated carbocycles. The fraction of sp³-hybridized carbons (Fsp3) is 0.267. The van der Waals surface area contributed by atoms with Crippen LogP contribution < -0.4 is 0 Å². The number of aryl methyl sites for hydroxylation is 1. The maximum absolute atomic E-state index is 10.6. The number of hydrogen-bond acceptors (Lipinski definition) is 1. The molecule has 1 aromatic carbocycles. The number of H-pyrrole nitrogens is 1. The minimum absolute atomic E-state index is 0.459. The van der Waals surface area contributed by atoms with E-state index < -0.39 is 5.97 Å². The Morgan fingerprint density at radius 2 is 2.11 bits per heavy atom. The molecule has 18 heavy (non-hydrogen) atoms. The van der Waals surface area contributed by atoms with Gasteiger partial charge in [-0.1, -0.05) is 19.9 Å². The summed E-state index contributed by atoms with van der Waals surface area (Å²) < 4.78 is 0. The van der Waals surface area contributed by atoms with Crippen LogP contribution in [-0.4, -0.2) is 16.1 Å². The van der Waals surface area contributed by atoms with Gasteiger partial charge >= 0.3 is 5.97 Å². The van der Waals surface area contributed by atoms with Crippen LogP contribution in [-0.2, 0) is 4.79 Å². The minimum atomic E-state index is -0.927. The molecule has 94 valence electrons. The molecule has 0 aliphatic carbocycles. The van der Waals surface area contributed by atoms with E-state index in [4.69, 9.17) is 5.11 Å². The van der Waals surface area contributed by atoms with Gasteiger partial charge in [-0.15, -0.1) is 0 Å². The van der Waals surface area contributed by atoms with Crippen molar-refractivity contribution in [2.75, 3.05) is 0 Å². The van der Waals surface area contributed by atoms with Crippen molar-refractivity contribution in [3.05, 3.63) is 41.1 Å². The van der Waals surface area contributed by atoms with Crippen LogP contribution >= 0.6 is 0 Å². The fourth-order valence-electron chi connectivity index (χ4n) is 2.09. The number of carboxylic acids is 1. The Balaban J connectivity index is 2.60. The van der Waals surface area contributed by atoms with E-state index in [0.29, 0.717) is 5.92 Å². The zero-order valence-corrected chi connectivity index (χ0v) is 10.8. The maximum Gasteiger partial charge on any atom is 0.328 e. The molecule has 1 aromatic heterocycles. The topological polar surface area (TPSA) is 53.1 Å². The van der Waals surface area contributed by atoms with E-state index >= 15 is 0 Å². The number of benzene rings is 1. The van der Waals surface area contributed by atoms with E-state index in [-0.39, 0.29) is 0 Å². The van der Waals surface area contributed by atoms with Gasteiger partial charge in [0, 0.05) is 28.2 Å². The minimum Gasteiger partial charge on any atom is -0.478 e. The van der Waals surface area contributed by atoms with Crippen LogP contribution in [0.25, 0.3) is 17.0 Å². The van der Waals surface area contributed by atoms with E-state index in [2.05, 4.69) is 37.0 Å². The molecular formula is C15H17NO2. The number of aromatic nitrogens is 1. The normalized spacial score (nSPS) is 11.8. The van der Waals surface area contributed by atoms with Crippen molar-refractivity contribution in [3.8, 4) is 0 Å². The predicted molar refractivity (Wildman–Crippen MR) is 73.8 cm³/mol. The van der Waals surface area contributed by atoms with Crippen molar-refractivity contribution in [2.45, 2.75) is 26.7 Å². The highest BCUT2D eigenvalue weighted by Gasteiger charge is 2.08. The van der Waals surface area contributed by atoms with Crippen molar-refractivity contribution in [1.29, 1.82) is 0 Å². The number of fused-ring (bicyclic) bond motifs is 1. The van der Waals surface area contributed by atoms with E-state index in [1.54, 1.807) is 6.08 Å². The van der Waals surface area contributed by atoms with Gasteiger partial charge in [0.1, 0.15) is 0 Å². The second kappa shape index (κ2) is 4.69. The molecule has 0 amide bonds. The predicted octanol–water partition coefficient (Wildman–Crippen LogP) is 3.70. The SMILES string of the molecule is Cc1[nH]c2ccc(C(C)C)cc2c1/C=C/C(=O)O. The Labute approximate surface area is 106 Å². The van der Waals surface area contributed by atoms with Gasteiger partial charge in [0.15, 0.2) is 0 Å². The summed E-state index contributed by atoms with van der Waals surface area (Å²) in [7, 11) is 0. The Hall–Kier alpha value is -2.03. The zero-order chi connectivity index (χ0) is 13.3.